The molecule has 0 radical (unpaired) electrons. The SMILES string of the molecule is O=c1c2ccccc2nc(SCc2ccc(Cl)c(Cl)c2)n1-c1ccc(Cl)cc1. The molecule has 0 unspecified atom stereocenters. The van der Waals surface area contributed by atoms with Crippen molar-refractivity contribution in [1.82, 2.24) is 9.55 Å². The van der Waals surface area contributed by atoms with E-state index >= 15 is 0 Å². The Kier molecular flexibility index (Phi) is 5.65. The average molecular weight is 448 g/mol. The summed E-state index contributed by atoms with van der Waals surface area (Å²) < 4.78 is 1.61. The fraction of sp³-hybridized carbons (Fsp3) is 0.0476. The first-order valence-corrected chi connectivity index (χ1v) is 10.5. The first-order valence-electron chi connectivity index (χ1n) is 8.37. The van der Waals surface area contributed by atoms with Crippen molar-refractivity contribution in [2.45, 2.75) is 10.9 Å². The number of halogens is 3. The van der Waals surface area contributed by atoms with Crippen LogP contribution in [0.25, 0.3) is 16.6 Å². The number of fused-ring (bicyclic) bond motifs is 1. The van der Waals surface area contributed by atoms with Crippen molar-refractivity contribution in [3.63, 3.8) is 0 Å². The molecule has 7 heteroatoms. The molecule has 140 valence electrons. The summed E-state index contributed by atoms with van der Waals surface area (Å²) in [5.41, 5.74) is 2.24. The molecule has 0 amide bonds. The van der Waals surface area contributed by atoms with Gasteiger partial charge in [0.25, 0.3) is 5.56 Å². The highest BCUT2D eigenvalue weighted by molar-refractivity contribution is 7.98. The lowest BCUT2D eigenvalue weighted by Gasteiger charge is -2.13. The molecule has 0 spiro atoms. The Labute approximate surface area is 180 Å². The summed E-state index contributed by atoms with van der Waals surface area (Å²) in [6.07, 6.45) is 0. The maximum Gasteiger partial charge on any atom is 0.266 e. The maximum atomic E-state index is 13.2. The van der Waals surface area contributed by atoms with Gasteiger partial charge in [0.15, 0.2) is 5.16 Å². The molecule has 1 aromatic heterocycles. The number of rotatable bonds is 4. The zero-order valence-electron chi connectivity index (χ0n) is 14.4. The van der Waals surface area contributed by atoms with Crippen LogP contribution in [0.5, 0.6) is 0 Å². The molecule has 0 bridgehead atoms. The minimum absolute atomic E-state index is 0.121. The average Bonchev–Trinajstić information content (AvgIpc) is 2.70. The van der Waals surface area contributed by atoms with E-state index in [0.29, 0.717) is 42.6 Å². The van der Waals surface area contributed by atoms with E-state index in [4.69, 9.17) is 39.8 Å². The third-order valence-electron chi connectivity index (χ3n) is 4.18. The Bertz CT molecular complexity index is 1220. The Morgan fingerprint density at radius 1 is 0.893 bits per heavy atom. The summed E-state index contributed by atoms with van der Waals surface area (Å²) in [4.78, 5) is 17.9. The van der Waals surface area contributed by atoms with E-state index in [2.05, 4.69) is 0 Å². The van der Waals surface area contributed by atoms with Gasteiger partial charge in [0, 0.05) is 10.8 Å². The van der Waals surface area contributed by atoms with E-state index in [-0.39, 0.29) is 5.56 Å². The van der Waals surface area contributed by atoms with Gasteiger partial charge in [-0.15, -0.1) is 0 Å². The highest BCUT2D eigenvalue weighted by atomic mass is 35.5. The van der Waals surface area contributed by atoms with Crippen molar-refractivity contribution in [3.05, 3.63) is 97.7 Å². The van der Waals surface area contributed by atoms with Crippen molar-refractivity contribution in [1.29, 1.82) is 0 Å². The van der Waals surface area contributed by atoms with E-state index in [1.54, 1.807) is 28.8 Å². The molecule has 0 aliphatic rings. The summed E-state index contributed by atoms with van der Waals surface area (Å²) >= 11 is 19.6. The van der Waals surface area contributed by atoms with Crippen LogP contribution in [-0.4, -0.2) is 9.55 Å². The number of benzene rings is 3. The summed E-state index contributed by atoms with van der Waals surface area (Å²) in [6, 6.07) is 20.0. The smallest absolute Gasteiger partial charge is 0.266 e. The first kappa shape index (κ1) is 19.3. The molecule has 0 N–H and O–H groups in total. The number of para-hydroxylation sites is 1. The molecule has 0 atom stereocenters. The molecule has 3 aromatic carbocycles. The highest BCUT2D eigenvalue weighted by Gasteiger charge is 2.13. The fourth-order valence-electron chi connectivity index (χ4n) is 2.80. The molecule has 1 heterocycles. The van der Waals surface area contributed by atoms with Crippen LogP contribution in [0.3, 0.4) is 0 Å². The largest absolute Gasteiger partial charge is 0.268 e. The quantitative estimate of drug-likeness (QED) is 0.260. The molecule has 0 saturated carbocycles. The Morgan fingerprint density at radius 2 is 1.64 bits per heavy atom. The third-order valence-corrected chi connectivity index (χ3v) is 6.18. The second-order valence-electron chi connectivity index (χ2n) is 6.07. The van der Waals surface area contributed by atoms with Gasteiger partial charge in [-0.05, 0) is 54.1 Å². The molecule has 0 fully saturated rings. The fourth-order valence-corrected chi connectivity index (χ4v) is 4.21. The monoisotopic (exact) mass is 446 g/mol. The van der Waals surface area contributed by atoms with Gasteiger partial charge in [0.05, 0.1) is 26.6 Å². The number of hydrogen-bond acceptors (Lipinski definition) is 3. The van der Waals surface area contributed by atoms with E-state index in [1.807, 2.05) is 42.5 Å². The van der Waals surface area contributed by atoms with Crippen LogP contribution in [0.2, 0.25) is 15.1 Å². The lowest BCUT2D eigenvalue weighted by Crippen LogP contribution is -2.21. The topological polar surface area (TPSA) is 34.9 Å². The van der Waals surface area contributed by atoms with Crippen LogP contribution in [0.15, 0.2) is 76.7 Å². The van der Waals surface area contributed by atoms with Gasteiger partial charge in [0.2, 0.25) is 0 Å². The summed E-state index contributed by atoms with van der Waals surface area (Å²) in [5, 5.41) is 2.78. The minimum atomic E-state index is -0.121. The van der Waals surface area contributed by atoms with Crippen molar-refractivity contribution in [3.8, 4) is 5.69 Å². The lowest BCUT2D eigenvalue weighted by atomic mass is 10.2. The summed E-state index contributed by atoms with van der Waals surface area (Å²) in [5.74, 6) is 0.593. The van der Waals surface area contributed by atoms with Crippen LogP contribution in [-0.2, 0) is 5.75 Å². The van der Waals surface area contributed by atoms with Gasteiger partial charge in [-0.3, -0.25) is 9.36 Å². The molecule has 3 nitrogen and oxygen atoms in total. The van der Waals surface area contributed by atoms with Crippen molar-refractivity contribution in [2.75, 3.05) is 0 Å². The zero-order valence-corrected chi connectivity index (χ0v) is 17.5. The van der Waals surface area contributed by atoms with Crippen molar-refractivity contribution < 1.29 is 0 Å². The number of aromatic nitrogens is 2. The highest BCUT2D eigenvalue weighted by Crippen LogP contribution is 2.28. The summed E-state index contributed by atoms with van der Waals surface area (Å²) in [6.45, 7) is 0. The molecule has 0 aliphatic heterocycles. The third kappa shape index (κ3) is 3.91. The van der Waals surface area contributed by atoms with Gasteiger partial charge < -0.3 is 0 Å². The maximum absolute atomic E-state index is 13.2. The molecule has 0 aliphatic carbocycles. The van der Waals surface area contributed by atoms with E-state index in [1.165, 1.54) is 11.8 Å². The van der Waals surface area contributed by atoms with Gasteiger partial charge in [-0.2, -0.15) is 0 Å². The van der Waals surface area contributed by atoms with Crippen LogP contribution < -0.4 is 5.56 Å². The Balaban J connectivity index is 1.81. The summed E-state index contributed by atoms with van der Waals surface area (Å²) in [7, 11) is 0. The first-order chi connectivity index (χ1) is 13.5. The van der Waals surface area contributed by atoms with E-state index in [9.17, 15) is 4.79 Å². The lowest BCUT2D eigenvalue weighted by molar-refractivity contribution is 0.819. The van der Waals surface area contributed by atoms with Crippen LogP contribution >= 0.6 is 46.6 Å². The second-order valence-corrected chi connectivity index (χ2v) is 8.26. The molecular formula is C21H13Cl3N2OS. The predicted molar refractivity (Wildman–Crippen MR) is 118 cm³/mol. The molecule has 0 saturated heterocycles. The second kappa shape index (κ2) is 8.18. The number of nitrogens with zero attached hydrogens (tertiary/aromatic N) is 2. The predicted octanol–water partition coefficient (Wildman–Crippen LogP) is 6.64. The van der Waals surface area contributed by atoms with Gasteiger partial charge in [-0.1, -0.05) is 64.8 Å². The van der Waals surface area contributed by atoms with Crippen LogP contribution in [0.4, 0.5) is 0 Å². The Hall–Kier alpha value is -1.98. The normalized spacial score (nSPS) is 11.1. The molecule has 28 heavy (non-hydrogen) atoms. The minimum Gasteiger partial charge on any atom is -0.268 e. The van der Waals surface area contributed by atoms with Crippen molar-refractivity contribution in [2.24, 2.45) is 0 Å². The Morgan fingerprint density at radius 3 is 2.39 bits per heavy atom. The number of thioether (sulfide) groups is 1. The van der Waals surface area contributed by atoms with Crippen LogP contribution in [0.1, 0.15) is 5.56 Å². The zero-order chi connectivity index (χ0) is 19.7. The standard InChI is InChI=1S/C21H13Cl3N2OS/c22-14-6-8-15(9-7-14)26-20(27)16-3-1-2-4-19(16)25-21(26)28-12-13-5-10-17(23)18(24)11-13/h1-11H,12H2. The van der Waals surface area contributed by atoms with Crippen LogP contribution in [0, 0.1) is 0 Å². The van der Waals surface area contributed by atoms with E-state index in [0.717, 1.165) is 5.56 Å². The van der Waals surface area contributed by atoms with Gasteiger partial charge in [-0.25, -0.2) is 4.98 Å². The molecule has 4 aromatic rings. The van der Waals surface area contributed by atoms with E-state index < -0.39 is 0 Å². The van der Waals surface area contributed by atoms with Gasteiger partial charge in [0.1, 0.15) is 0 Å². The number of hydrogen-bond donors (Lipinski definition) is 0. The molecular weight excluding hydrogens is 435 g/mol. The van der Waals surface area contributed by atoms with Crippen molar-refractivity contribution >= 4 is 57.5 Å². The van der Waals surface area contributed by atoms with Gasteiger partial charge >= 0.3 is 0 Å². The molecule has 4 rings (SSSR count).